The van der Waals surface area contributed by atoms with Gasteiger partial charge in [0, 0.05) is 5.25 Å². The van der Waals surface area contributed by atoms with Gasteiger partial charge in [-0.25, -0.2) is 8.42 Å². The van der Waals surface area contributed by atoms with E-state index in [0.717, 1.165) is 9.90 Å². The molecule has 1 aliphatic heterocycles. The van der Waals surface area contributed by atoms with Gasteiger partial charge in [0.1, 0.15) is 5.75 Å². The van der Waals surface area contributed by atoms with Gasteiger partial charge in [-0.1, -0.05) is 61.2 Å². The minimum Gasteiger partial charge on any atom is -0.476 e. The molecule has 4 rings (SSSR count). The smallest absolute Gasteiger partial charge is 0.269 e. The second kappa shape index (κ2) is 9.08. The van der Waals surface area contributed by atoms with Gasteiger partial charge < -0.3 is 4.74 Å². The summed E-state index contributed by atoms with van der Waals surface area (Å²) in [5, 5.41) is 11.5. The van der Waals surface area contributed by atoms with E-state index < -0.39 is 22.0 Å². The van der Waals surface area contributed by atoms with E-state index in [4.69, 9.17) is 4.74 Å². The number of nitrogens with zero attached hydrogens (tertiary/aromatic N) is 3. The molecule has 1 aliphatic rings. The molecule has 0 radical (unpaired) electrons. The van der Waals surface area contributed by atoms with Crippen LogP contribution in [0.2, 0.25) is 0 Å². The van der Waals surface area contributed by atoms with Crippen LogP contribution in [0.25, 0.3) is 0 Å². The highest BCUT2D eigenvalue weighted by Gasteiger charge is 2.38. The minimum absolute atomic E-state index is 0.146. The van der Waals surface area contributed by atoms with Crippen LogP contribution >= 0.6 is 23.1 Å². The summed E-state index contributed by atoms with van der Waals surface area (Å²) in [7, 11) is -3.90. The quantitative estimate of drug-likeness (QED) is 0.412. The number of nitrogens with one attached hydrogen (secondary N) is 1. The van der Waals surface area contributed by atoms with Crippen LogP contribution in [0.1, 0.15) is 19.4 Å². The number of fused-ring (bicyclic) bond motifs is 1. The summed E-state index contributed by atoms with van der Waals surface area (Å²) in [6.07, 6.45) is -1.05. The molecule has 11 heteroatoms. The SMILES string of the molecule is Cc1ccc2c(c1)N(S(=O)(=O)c1ccccc1)C[C@@H](C(=O)Nc1nnc(SC(C)C)s1)O2. The van der Waals surface area contributed by atoms with Crippen LogP contribution in [-0.4, -0.2) is 42.4 Å². The molecule has 1 atom stereocenters. The monoisotopic (exact) mass is 490 g/mol. The zero-order valence-electron chi connectivity index (χ0n) is 17.7. The highest BCUT2D eigenvalue weighted by molar-refractivity contribution is 8.01. The molecule has 0 saturated carbocycles. The van der Waals surface area contributed by atoms with Gasteiger partial charge in [0.25, 0.3) is 15.9 Å². The van der Waals surface area contributed by atoms with E-state index in [1.165, 1.54) is 27.8 Å². The van der Waals surface area contributed by atoms with Gasteiger partial charge in [-0.15, -0.1) is 10.2 Å². The zero-order valence-corrected chi connectivity index (χ0v) is 20.1. The van der Waals surface area contributed by atoms with E-state index in [-0.39, 0.29) is 11.4 Å². The van der Waals surface area contributed by atoms with Gasteiger partial charge in [-0.2, -0.15) is 0 Å². The Hall–Kier alpha value is -2.63. The summed E-state index contributed by atoms with van der Waals surface area (Å²) in [5.41, 5.74) is 1.29. The Balaban J connectivity index is 1.62. The van der Waals surface area contributed by atoms with Crippen molar-refractivity contribution in [2.75, 3.05) is 16.2 Å². The molecular formula is C21H22N4O4S3. The molecule has 0 aliphatic carbocycles. The highest BCUT2D eigenvalue weighted by atomic mass is 32.2. The number of ether oxygens (including phenoxy) is 1. The lowest BCUT2D eigenvalue weighted by molar-refractivity contribution is -0.122. The van der Waals surface area contributed by atoms with Crippen molar-refractivity contribution in [3.05, 3.63) is 54.1 Å². The summed E-state index contributed by atoms with van der Waals surface area (Å²) in [4.78, 5) is 13.1. The molecule has 3 aromatic rings. The van der Waals surface area contributed by atoms with Crippen molar-refractivity contribution in [2.45, 2.75) is 41.4 Å². The Morgan fingerprint density at radius 3 is 2.69 bits per heavy atom. The molecule has 1 amide bonds. The third-order valence-electron chi connectivity index (χ3n) is 4.58. The largest absolute Gasteiger partial charge is 0.476 e. The standard InChI is InChI=1S/C21H22N4O4S3/c1-13(2)30-21-24-23-20(31-21)22-19(26)18-12-25(16-11-14(3)9-10-17(16)29-18)32(27,28)15-7-5-4-6-8-15/h4-11,13,18H,12H2,1-3H3,(H,22,23,26)/t18-/m0/s1. The van der Waals surface area contributed by atoms with Crippen molar-refractivity contribution >= 4 is 49.8 Å². The van der Waals surface area contributed by atoms with Gasteiger partial charge in [0.15, 0.2) is 10.4 Å². The number of aryl methyl sites for hydroxylation is 1. The maximum atomic E-state index is 13.4. The Kier molecular flexibility index (Phi) is 6.40. The third kappa shape index (κ3) is 4.74. The molecule has 2 aromatic carbocycles. The maximum absolute atomic E-state index is 13.4. The van der Waals surface area contributed by atoms with Gasteiger partial charge in [-0.3, -0.25) is 14.4 Å². The number of rotatable bonds is 6. The van der Waals surface area contributed by atoms with Crippen LogP contribution in [0.15, 0.2) is 57.8 Å². The molecular weight excluding hydrogens is 468 g/mol. The number of carbonyl (C=O) groups excluding carboxylic acids is 1. The van der Waals surface area contributed by atoms with Crippen molar-refractivity contribution in [1.82, 2.24) is 10.2 Å². The van der Waals surface area contributed by atoms with Crippen LogP contribution in [0.5, 0.6) is 5.75 Å². The molecule has 1 N–H and O–H groups in total. The molecule has 0 spiro atoms. The highest BCUT2D eigenvalue weighted by Crippen LogP contribution is 2.38. The Morgan fingerprint density at radius 1 is 1.22 bits per heavy atom. The Morgan fingerprint density at radius 2 is 1.97 bits per heavy atom. The number of anilines is 2. The van der Waals surface area contributed by atoms with Gasteiger partial charge in [0.2, 0.25) is 5.13 Å². The first-order valence-electron chi connectivity index (χ1n) is 9.90. The van der Waals surface area contributed by atoms with Crippen molar-refractivity contribution in [2.24, 2.45) is 0 Å². The van der Waals surface area contributed by atoms with Crippen molar-refractivity contribution in [3.63, 3.8) is 0 Å². The number of benzene rings is 2. The minimum atomic E-state index is -3.90. The first kappa shape index (κ1) is 22.6. The molecule has 0 saturated heterocycles. The van der Waals surface area contributed by atoms with Crippen LogP contribution in [0, 0.1) is 6.92 Å². The molecule has 8 nitrogen and oxygen atoms in total. The summed E-state index contributed by atoms with van der Waals surface area (Å²) >= 11 is 2.82. The predicted octanol–water partition coefficient (Wildman–Crippen LogP) is 3.94. The number of sulfonamides is 1. The summed E-state index contributed by atoms with van der Waals surface area (Å²) in [6.45, 7) is 5.79. The van der Waals surface area contributed by atoms with E-state index in [9.17, 15) is 13.2 Å². The fourth-order valence-electron chi connectivity index (χ4n) is 3.14. The fourth-order valence-corrected chi connectivity index (χ4v) is 6.61. The number of aromatic nitrogens is 2. The van der Waals surface area contributed by atoms with Crippen LogP contribution < -0.4 is 14.4 Å². The first-order chi connectivity index (χ1) is 15.2. The topological polar surface area (TPSA) is 101 Å². The van der Waals surface area contributed by atoms with Crippen LogP contribution in [0.3, 0.4) is 0 Å². The average Bonchev–Trinajstić information content (AvgIpc) is 3.19. The predicted molar refractivity (Wildman–Crippen MR) is 126 cm³/mol. The fraction of sp³-hybridized carbons (Fsp3) is 0.286. The van der Waals surface area contributed by atoms with Crippen molar-refractivity contribution in [3.8, 4) is 5.75 Å². The Labute approximate surface area is 195 Å². The molecule has 1 aromatic heterocycles. The normalized spacial score (nSPS) is 15.9. The molecule has 2 heterocycles. The lowest BCUT2D eigenvalue weighted by Gasteiger charge is -2.34. The summed E-state index contributed by atoms with van der Waals surface area (Å²) in [6, 6.07) is 13.4. The molecule has 32 heavy (non-hydrogen) atoms. The molecule has 0 unspecified atom stereocenters. The van der Waals surface area contributed by atoms with Crippen LogP contribution in [0.4, 0.5) is 10.8 Å². The zero-order chi connectivity index (χ0) is 22.9. The number of hydrogen-bond acceptors (Lipinski definition) is 8. The number of thioether (sulfide) groups is 1. The molecule has 168 valence electrons. The van der Waals surface area contributed by atoms with Gasteiger partial charge >= 0.3 is 0 Å². The maximum Gasteiger partial charge on any atom is 0.269 e. The number of hydrogen-bond donors (Lipinski definition) is 1. The third-order valence-corrected chi connectivity index (χ3v) is 8.30. The van der Waals surface area contributed by atoms with Gasteiger partial charge in [0.05, 0.1) is 17.1 Å². The number of carbonyl (C=O) groups is 1. The van der Waals surface area contributed by atoms with E-state index in [1.54, 1.807) is 42.1 Å². The van der Waals surface area contributed by atoms with E-state index in [0.29, 0.717) is 21.8 Å². The molecule has 0 bridgehead atoms. The Bertz CT molecular complexity index is 1230. The van der Waals surface area contributed by atoms with E-state index in [2.05, 4.69) is 15.5 Å². The summed E-state index contributed by atoms with van der Waals surface area (Å²) < 4.78 is 34.7. The van der Waals surface area contributed by atoms with E-state index >= 15 is 0 Å². The van der Waals surface area contributed by atoms with Crippen molar-refractivity contribution < 1.29 is 17.9 Å². The first-order valence-corrected chi connectivity index (χ1v) is 13.0. The summed E-state index contributed by atoms with van der Waals surface area (Å²) in [5.74, 6) is -0.156. The van der Waals surface area contributed by atoms with Crippen molar-refractivity contribution in [1.29, 1.82) is 0 Å². The van der Waals surface area contributed by atoms with Crippen LogP contribution in [-0.2, 0) is 14.8 Å². The lowest BCUT2D eigenvalue weighted by Crippen LogP contribution is -2.48. The van der Waals surface area contributed by atoms with Gasteiger partial charge in [-0.05, 0) is 36.8 Å². The second-order valence-electron chi connectivity index (χ2n) is 7.46. The molecule has 0 fully saturated rings. The van der Waals surface area contributed by atoms with E-state index in [1.807, 2.05) is 26.8 Å². The number of amides is 1. The lowest BCUT2D eigenvalue weighted by atomic mass is 10.1. The second-order valence-corrected chi connectivity index (χ2v) is 12.1. The average molecular weight is 491 g/mol.